The van der Waals surface area contributed by atoms with E-state index in [1.807, 2.05) is 0 Å². The van der Waals surface area contributed by atoms with Gasteiger partial charge in [0.25, 0.3) is 5.91 Å². The summed E-state index contributed by atoms with van der Waals surface area (Å²) in [6.07, 6.45) is 4.44. The van der Waals surface area contributed by atoms with Crippen LogP contribution in [-0.2, 0) is 10.0 Å². The second kappa shape index (κ2) is 8.25. The molecule has 6 nitrogen and oxygen atoms in total. The highest BCUT2D eigenvalue weighted by Gasteiger charge is 2.29. The molecule has 1 aromatic rings. The molecule has 2 aliphatic heterocycles. The van der Waals surface area contributed by atoms with Gasteiger partial charge in [0.15, 0.2) is 0 Å². The molecule has 3 rings (SSSR count). The van der Waals surface area contributed by atoms with Crippen LogP contribution in [0.15, 0.2) is 23.1 Å². The van der Waals surface area contributed by atoms with Crippen LogP contribution >= 0.6 is 11.6 Å². The molecule has 144 valence electrons. The van der Waals surface area contributed by atoms with E-state index >= 15 is 0 Å². The van der Waals surface area contributed by atoms with E-state index in [2.05, 4.69) is 0 Å². The van der Waals surface area contributed by atoms with Gasteiger partial charge in [-0.25, -0.2) is 8.42 Å². The van der Waals surface area contributed by atoms with E-state index in [1.54, 1.807) is 11.0 Å². The zero-order chi connectivity index (χ0) is 18.7. The van der Waals surface area contributed by atoms with Crippen molar-refractivity contribution in [3.63, 3.8) is 0 Å². The highest BCUT2D eigenvalue weighted by atomic mass is 35.5. The number of hydrogen-bond donors (Lipinski definition) is 1. The van der Waals surface area contributed by atoms with Crippen molar-refractivity contribution < 1.29 is 18.3 Å². The van der Waals surface area contributed by atoms with Crippen molar-refractivity contribution in [2.75, 3.05) is 26.2 Å². The SMILES string of the molecule is O=C(c1ccc(Cl)c(S(=O)(=O)N2CCCCCC2)c1)N1CCC(O)CC1. The molecule has 2 heterocycles. The molecule has 2 aliphatic rings. The molecular weight excluding hydrogens is 376 g/mol. The van der Waals surface area contributed by atoms with E-state index in [0.29, 0.717) is 44.6 Å². The smallest absolute Gasteiger partial charge is 0.253 e. The van der Waals surface area contributed by atoms with Gasteiger partial charge in [-0.2, -0.15) is 4.31 Å². The zero-order valence-corrected chi connectivity index (χ0v) is 16.3. The number of amides is 1. The van der Waals surface area contributed by atoms with Gasteiger partial charge >= 0.3 is 0 Å². The number of carbonyl (C=O) groups excluding carboxylic acids is 1. The molecule has 2 saturated heterocycles. The Hall–Kier alpha value is -1.15. The molecule has 0 aliphatic carbocycles. The quantitative estimate of drug-likeness (QED) is 0.845. The van der Waals surface area contributed by atoms with Crippen molar-refractivity contribution >= 4 is 27.5 Å². The monoisotopic (exact) mass is 400 g/mol. The summed E-state index contributed by atoms with van der Waals surface area (Å²) in [4.78, 5) is 14.4. The maximum absolute atomic E-state index is 13.0. The standard InChI is InChI=1S/C18H25ClN2O4S/c19-16-6-5-14(18(23)20-11-7-15(22)8-12-20)13-17(16)26(24,25)21-9-3-1-2-4-10-21/h5-6,13,15,22H,1-4,7-12H2. The fourth-order valence-electron chi connectivity index (χ4n) is 3.51. The summed E-state index contributed by atoms with van der Waals surface area (Å²) in [6, 6.07) is 4.45. The lowest BCUT2D eigenvalue weighted by Crippen LogP contribution is -2.40. The van der Waals surface area contributed by atoms with E-state index in [1.165, 1.54) is 16.4 Å². The lowest BCUT2D eigenvalue weighted by Gasteiger charge is -2.30. The van der Waals surface area contributed by atoms with E-state index in [9.17, 15) is 18.3 Å². The van der Waals surface area contributed by atoms with E-state index in [0.717, 1.165) is 25.7 Å². The van der Waals surface area contributed by atoms with Gasteiger partial charge in [0.2, 0.25) is 10.0 Å². The third-order valence-electron chi connectivity index (χ3n) is 5.11. The first-order valence-electron chi connectivity index (χ1n) is 9.16. The third-order valence-corrected chi connectivity index (χ3v) is 7.49. The summed E-state index contributed by atoms with van der Waals surface area (Å²) < 4.78 is 27.6. The summed E-state index contributed by atoms with van der Waals surface area (Å²) >= 11 is 6.19. The first-order chi connectivity index (χ1) is 12.4. The fourth-order valence-corrected chi connectivity index (χ4v) is 5.52. The topological polar surface area (TPSA) is 77.9 Å². The first kappa shape index (κ1) is 19.6. The molecule has 0 unspecified atom stereocenters. The minimum atomic E-state index is -3.72. The molecule has 26 heavy (non-hydrogen) atoms. The zero-order valence-electron chi connectivity index (χ0n) is 14.7. The second-order valence-corrected chi connectivity index (χ2v) is 9.30. The van der Waals surface area contributed by atoms with Crippen LogP contribution in [0.5, 0.6) is 0 Å². The number of benzene rings is 1. The molecule has 0 atom stereocenters. The highest BCUT2D eigenvalue weighted by molar-refractivity contribution is 7.89. The average molecular weight is 401 g/mol. The predicted molar refractivity (Wildman–Crippen MR) is 99.8 cm³/mol. The summed E-state index contributed by atoms with van der Waals surface area (Å²) in [6.45, 7) is 1.91. The number of rotatable bonds is 3. The Balaban J connectivity index is 1.86. The Labute approximate surface area is 159 Å². The van der Waals surface area contributed by atoms with E-state index < -0.39 is 10.0 Å². The highest BCUT2D eigenvalue weighted by Crippen LogP contribution is 2.28. The number of halogens is 1. The van der Waals surface area contributed by atoms with Gasteiger partial charge in [-0.15, -0.1) is 0 Å². The Bertz CT molecular complexity index is 752. The largest absolute Gasteiger partial charge is 0.393 e. The number of nitrogens with zero attached hydrogens (tertiary/aromatic N) is 2. The molecule has 8 heteroatoms. The van der Waals surface area contributed by atoms with Crippen LogP contribution in [0.4, 0.5) is 0 Å². The number of aliphatic hydroxyl groups is 1. The number of carbonyl (C=O) groups is 1. The summed E-state index contributed by atoms with van der Waals surface area (Å²) in [7, 11) is -3.72. The van der Waals surface area contributed by atoms with Crippen molar-refractivity contribution in [2.45, 2.75) is 49.5 Å². The molecule has 0 spiro atoms. The van der Waals surface area contributed by atoms with Gasteiger partial charge in [0.05, 0.1) is 11.1 Å². The van der Waals surface area contributed by atoms with Crippen LogP contribution < -0.4 is 0 Å². The lowest BCUT2D eigenvalue weighted by atomic mass is 10.1. The Morgan fingerprint density at radius 3 is 2.27 bits per heavy atom. The molecule has 1 N–H and O–H groups in total. The Kier molecular flexibility index (Phi) is 6.22. The summed E-state index contributed by atoms with van der Waals surface area (Å²) in [5.41, 5.74) is 0.319. The molecular formula is C18H25ClN2O4S. The average Bonchev–Trinajstić information content (AvgIpc) is 2.92. The molecule has 1 amide bonds. The van der Waals surface area contributed by atoms with E-state index in [4.69, 9.17) is 11.6 Å². The van der Waals surface area contributed by atoms with Crippen LogP contribution in [0, 0.1) is 0 Å². The van der Waals surface area contributed by atoms with Crippen molar-refractivity contribution in [3.05, 3.63) is 28.8 Å². The van der Waals surface area contributed by atoms with Gasteiger partial charge in [-0.1, -0.05) is 24.4 Å². The van der Waals surface area contributed by atoms with Crippen molar-refractivity contribution in [2.24, 2.45) is 0 Å². The molecule has 0 bridgehead atoms. The van der Waals surface area contributed by atoms with Gasteiger partial charge in [-0.3, -0.25) is 4.79 Å². The Morgan fingerprint density at radius 1 is 1.04 bits per heavy atom. The molecule has 0 aromatic heterocycles. The molecule has 2 fully saturated rings. The van der Waals surface area contributed by atoms with Gasteiger partial charge in [0.1, 0.15) is 4.90 Å². The van der Waals surface area contributed by atoms with Crippen molar-refractivity contribution in [1.82, 2.24) is 9.21 Å². The van der Waals surface area contributed by atoms with Crippen LogP contribution in [-0.4, -0.2) is 60.9 Å². The summed E-state index contributed by atoms with van der Waals surface area (Å²) in [5, 5.41) is 9.73. The molecule has 1 aromatic carbocycles. The van der Waals surface area contributed by atoms with Crippen LogP contribution in [0.1, 0.15) is 48.9 Å². The van der Waals surface area contributed by atoms with E-state index in [-0.39, 0.29) is 21.9 Å². The lowest BCUT2D eigenvalue weighted by molar-refractivity contribution is 0.0546. The van der Waals surface area contributed by atoms with Crippen LogP contribution in [0.2, 0.25) is 5.02 Å². The maximum Gasteiger partial charge on any atom is 0.253 e. The van der Waals surface area contributed by atoms with Crippen molar-refractivity contribution in [3.8, 4) is 0 Å². The number of piperidine rings is 1. The van der Waals surface area contributed by atoms with Gasteiger partial charge in [0, 0.05) is 31.7 Å². The number of sulfonamides is 1. The molecule has 0 saturated carbocycles. The fraction of sp³-hybridized carbons (Fsp3) is 0.611. The minimum Gasteiger partial charge on any atom is -0.393 e. The number of aliphatic hydroxyl groups excluding tert-OH is 1. The van der Waals surface area contributed by atoms with Gasteiger partial charge < -0.3 is 10.0 Å². The minimum absolute atomic E-state index is 0.00367. The predicted octanol–water partition coefficient (Wildman–Crippen LogP) is 2.50. The number of hydrogen-bond acceptors (Lipinski definition) is 4. The Morgan fingerprint density at radius 2 is 1.65 bits per heavy atom. The third kappa shape index (κ3) is 4.22. The van der Waals surface area contributed by atoms with Gasteiger partial charge in [-0.05, 0) is 43.9 Å². The second-order valence-electron chi connectivity index (χ2n) is 6.99. The summed E-state index contributed by atoms with van der Waals surface area (Å²) in [5.74, 6) is -0.221. The normalized spacial score (nSPS) is 20.8. The van der Waals surface area contributed by atoms with Crippen LogP contribution in [0.3, 0.4) is 0 Å². The molecule has 0 radical (unpaired) electrons. The number of likely N-dealkylation sites (tertiary alicyclic amines) is 1. The van der Waals surface area contributed by atoms with Crippen LogP contribution in [0.25, 0.3) is 0 Å². The first-order valence-corrected chi connectivity index (χ1v) is 11.0. The van der Waals surface area contributed by atoms with Crippen molar-refractivity contribution in [1.29, 1.82) is 0 Å². The maximum atomic E-state index is 13.0.